The lowest BCUT2D eigenvalue weighted by atomic mass is 10.1. The molecule has 0 spiro atoms. The van der Waals surface area contributed by atoms with Crippen molar-refractivity contribution in [3.05, 3.63) is 51.6 Å². The summed E-state index contributed by atoms with van der Waals surface area (Å²) < 4.78 is 5.18. The van der Waals surface area contributed by atoms with Gasteiger partial charge in [0, 0.05) is 10.9 Å². The van der Waals surface area contributed by atoms with E-state index in [1.54, 1.807) is 0 Å². The predicted octanol–water partition coefficient (Wildman–Crippen LogP) is 3.32. The van der Waals surface area contributed by atoms with Gasteiger partial charge >= 0.3 is 5.97 Å². The van der Waals surface area contributed by atoms with Crippen LogP contribution in [0.2, 0.25) is 10.0 Å². The number of primary amides is 1. The van der Waals surface area contributed by atoms with E-state index in [0.717, 1.165) is 11.3 Å². The smallest absolute Gasteiger partial charge is 0.350 e. The summed E-state index contributed by atoms with van der Waals surface area (Å²) in [6, 6.07) is 4.33. The van der Waals surface area contributed by atoms with Crippen molar-refractivity contribution in [3.63, 3.8) is 0 Å². The topological polar surface area (TPSA) is 115 Å². The number of thiophene rings is 1. The standard InChI is InChI=1S/C17H9Cl2N3O4S/c18-9-5-10(19)11(23)3-7(9)13-8-4-12(27-14(8)22-6-21-13)15(24)26-17(1-2-17)16(20)25/h1-6,23H,(H2,20,25). The highest BCUT2D eigenvalue weighted by Gasteiger charge is 2.45. The molecule has 0 saturated heterocycles. The minimum atomic E-state index is -1.45. The first kappa shape index (κ1) is 17.7. The SMILES string of the molecule is NC(=O)C1(OC(=O)c2cc3c(-c4cc(O)c(Cl)cc4Cl)ncnc3s2)C=C1. The highest BCUT2D eigenvalue weighted by atomic mass is 35.5. The van der Waals surface area contributed by atoms with Crippen molar-refractivity contribution < 1.29 is 19.4 Å². The summed E-state index contributed by atoms with van der Waals surface area (Å²) in [5.41, 5.74) is 4.63. The molecule has 0 unspecified atom stereocenters. The van der Waals surface area contributed by atoms with Gasteiger partial charge in [0.2, 0.25) is 5.60 Å². The van der Waals surface area contributed by atoms with E-state index in [4.69, 9.17) is 33.7 Å². The molecule has 10 heteroatoms. The van der Waals surface area contributed by atoms with E-state index in [1.807, 2.05) is 0 Å². The van der Waals surface area contributed by atoms with Gasteiger partial charge in [-0.3, -0.25) is 4.79 Å². The number of phenolic OH excluding ortho intramolecular Hbond substituents is 1. The van der Waals surface area contributed by atoms with Crippen molar-refractivity contribution in [1.29, 1.82) is 0 Å². The van der Waals surface area contributed by atoms with E-state index >= 15 is 0 Å². The highest BCUT2D eigenvalue weighted by molar-refractivity contribution is 7.20. The zero-order chi connectivity index (χ0) is 19.3. The Hall–Kier alpha value is -2.68. The number of nitrogens with two attached hydrogens (primary N) is 1. The van der Waals surface area contributed by atoms with E-state index in [0.29, 0.717) is 21.5 Å². The molecule has 3 N–H and O–H groups in total. The zero-order valence-corrected chi connectivity index (χ0v) is 15.6. The Labute approximate surface area is 166 Å². The molecule has 0 bridgehead atoms. The number of aromatic nitrogens is 2. The van der Waals surface area contributed by atoms with E-state index in [-0.39, 0.29) is 20.7 Å². The Morgan fingerprint density at radius 1 is 1.15 bits per heavy atom. The normalized spacial score (nSPS) is 14.3. The fourth-order valence-corrected chi connectivity index (χ4v) is 3.80. The van der Waals surface area contributed by atoms with Crippen molar-refractivity contribution in [2.24, 2.45) is 5.73 Å². The van der Waals surface area contributed by atoms with E-state index < -0.39 is 17.5 Å². The first-order chi connectivity index (χ1) is 12.8. The number of amides is 1. The first-order valence-electron chi connectivity index (χ1n) is 7.47. The Kier molecular flexibility index (Phi) is 4.06. The van der Waals surface area contributed by atoms with E-state index in [9.17, 15) is 14.7 Å². The van der Waals surface area contributed by atoms with Gasteiger partial charge in [0.25, 0.3) is 5.91 Å². The molecule has 0 fully saturated rings. The van der Waals surface area contributed by atoms with Gasteiger partial charge in [0.15, 0.2) is 0 Å². The molecule has 2 heterocycles. The number of halogens is 2. The summed E-state index contributed by atoms with van der Waals surface area (Å²) in [6.45, 7) is 0. The molecule has 0 saturated carbocycles. The summed E-state index contributed by atoms with van der Waals surface area (Å²) in [7, 11) is 0. The lowest BCUT2D eigenvalue weighted by Gasteiger charge is -2.11. The van der Waals surface area contributed by atoms with Crippen molar-refractivity contribution in [2.45, 2.75) is 5.60 Å². The molecule has 27 heavy (non-hydrogen) atoms. The maximum Gasteiger partial charge on any atom is 0.350 e. The van der Waals surface area contributed by atoms with Crippen LogP contribution >= 0.6 is 34.5 Å². The Morgan fingerprint density at radius 3 is 2.56 bits per heavy atom. The maximum absolute atomic E-state index is 12.4. The van der Waals surface area contributed by atoms with E-state index in [2.05, 4.69) is 9.97 Å². The average Bonchev–Trinajstić information content (AvgIpc) is 3.27. The van der Waals surface area contributed by atoms with Crippen molar-refractivity contribution in [1.82, 2.24) is 9.97 Å². The van der Waals surface area contributed by atoms with Gasteiger partial charge in [-0.2, -0.15) is 0 Å². The molecule has 1 aliphatic rings. The third-order valence-corrected chi connectivity index (χ3v) is 5.58. The summed E-state index contributed by atoms with van der Waals surface area (Å²) in [4.78, 5) is 32.9. The van der Waals surface area contributed by atoms with Crippen molar-refractivity contribution >= 4 is 56.6 Å². The molecule has 1 aliphatic carbocycles. The molecule has 7 nitrogen and oxygen atoms in total. The number of ether oxygens (including phenoxy) is 1. The van der Waals surface area contributed by atoms with E-state index in [1.165, 1.54) is 36.7 Å². The largest absolute Gasteiger partial charge is 0.506 e. The van der Waals surface area contributed by atoms with Crippen LogP contribution in [0.5, 0.6) is 5.75 Å². The van der Waals surface area contributed by atoms with Crippen LogP contribution in [0.1, 0.15) is 9.67 Å². The molecular formula is C17H9Cl2N3O4S. The number of hydrogen-bond donors (Lipinski definition) is 2. The minimum Gasteiger partial charge on any atom is -0.506 e. The quantitative estimate of drug-likeness (QED) is 0.492. The number of aromatic hydroxyl groups is 1. The second kappa shape index (κ2) is 6.19. The Bertz CT molecular complexity index is 1150. The van der Waals surface area contributed by atoms with Gasteiger partial charge < -0.3 is 15.6 Å². The van der Waals surface area contributed by atoms with Gasteiger partial charge in [-0.25, -0.2) is 14.8 Å². The van der Waals surface area contributed by atoms with Crippen molar-refractivity contribution in [3.8, 4) is 17.0 Å². The van der Waals surface area contributed by atoms with Crippen LogP contribution in [0.15, 0.2) is 36.7 Å². The lowest BCUT2D eigenvalue weighted by Crippen LogP contribution is -2.36. The average molecular weight is 422 g/mol. The zero-order valence-electron chi connectivity index (χ0n) is 13.3. The van der Waals surface area contributed by atoms with Crippen LogP contribution in [0.25, 0.3) is 21.5 Å². The summed E-state index contributed by atoms with van der Waals surface area (Å²) >= 11 is 13.2. The summed E-state index contributed by atoms with van der Waals surface area (Å²) in [5.74, 6) is -1.63. The van der Waals surface area contributed by atoms with Crippen LogP contribution in [-0.4, -0.2) is 32.6 Å². The molecule has 2 aromatic heterocycles. The minimum absolute atomic E-state index is 0.109. The van der Waals surface area contributed by atoms with Crippen molar-refractivity contribution in [2.75, 3.05) is 0 Å². The van der Waals surface area contributed by atoms with Gasteiger partial charge in [-0.1, -0.05) is 23.2 Å². The molecule has 0 radical (unpaired) electrons. The molecule has 4 rings (SSSR count). The molecule has 1 amide bonds. The number of benzene rings is 1. The number of esters is 1. The Balaban J connectivity index is 1.76. The second-order valence-corrected chi connectivity index (χ2v) is 7.56. The molecule has 136 valence electrons. The molecule has 3 aromatic rings. The number of fused-ring (bicyclic) bond motifs is 1. The second-order valence-electron chi connectivity index (χ2n) is 5.72. The number of carbonyl (C=O) groups is 2. The first-order valence-corrected chi connectivity index (χ1v) is 9.04. The predicted molar refractivity (Wildman–Crippen MR) is 101 cm³/mol. The fourth-order valence-electron chi connectivity index (χ4n) is 2.45. The summed E-state index contributed by atoms with van der Waals surface area (Å²) in [5, 5.41) is 10.8. The van der Waals surface area contributed by atoms with Gasteiger partial charge in [0.05, 0.1) is 15.7 Å². The van der Waals surface area contributed by atoms with Crippen LogP contribution in [-0.2, 0) is 9.53 Å². The monoisotopic (exact) mass is 421 g/mol. The number of nitrogens with zero attached hydrogens (tertiary/aromatic N) is 2. The van der Waals surface area contributed by atoms with Gasteiger partial charge in [-0.05, 0) is 30.4 Å². The fraction of sp³-hybridized carbons (Fsp3) is 0.0588. The van der Waals surface area contributed by atoms with Crippen LogP contribution in [0.4, 0.5) is 0 Å². The number of phenols is 1. The number of carbonyl (C=O) groups excluding carboxylic acids is 2. The molecule has 0 atom stereocenters. The molecular weight excluding hydrogens is 413 g/mol. The third-order valence-electron chi connectivity index (χ3n) is 3.94. The Morgan fingerprint density at radius 2 is 1.89 bits per heavy atom. The summed E-state index contributed by atoms with van der Waals surface area (Å²) in [6.07, 6.45) is 4.13. The van der Waals surface area contributed by atoms with Gasteiger partial charge in [-0.15, -0.1) is 11.3 Å². The number of hydrogen-bond acceptors (Lipinski definition) is 7. The van der Waals surface area contributed by atoms with Crippen LogP contribution < -0.4 is 5.73 Å². The van der Waals surface area contributed by atoms with Crippen LogP contribution in [0.3, 0.4) is 0 Å². The third kappa shape index (κ3) is 3.01. The highest BCUT2D eigenvalue weighted by Crippen LogP contribution is 2.39. The van der Waals surface area contributed by atoms with Gasteiger partial charge in [0.1, 0.15) is 21.8 Å². The lowest BCUT2D eigenvalue weighted by molar-refractivity contribution is -0.127. The molecule has 1 aromatic carbocycles. The molecule has 0 aliphatic heterocycles. The number of rotatable bonds is 4. The van der Waals surface area contributed by atoms with Crippen LogP contribution in [0, 0.1) is 0 Å². The maximum atomic E-state index is 12.4.